The van der Waals surface area contributed by atoms with Crippen LogP contribution in [0.3, 0.4) is 0 Å². The minimum atomic E-state index is -1.15. The molecule has 0 spiro atoms. The van der Waals surface area contributed by atoms with Crippen molar-refractivity contribution in [2.75, 3.05) is 13.0 Å². The SMILES string of the molecule is COc1ccccc1CC1S[C@@H]2[C@@H](N)C(=O)N2C(C(=O)O)=C1CCl.Cl. The zero-order valence-electron chi connectivity index (χ0n) is 13.3. The smallest absolute Gasteiger partial charge is 0.352 e. The number of benzene rings is 1. The first-order valence-electron chi connectivity index (χ1n) is 7.38. The average molecular weight is 405 g/mol. The molecule has 1 unspecified atom stereocenters. The Labute approximate surface area is 160 Å². The third kappa shape index (κ3) is 3.33. The van der Waals surface area contributed by atoms with Gasteiger partial charge < -0.3 is 15.6 Å². The number of nitrogens with two attached hydrogens (primary N) is 1. The van der Waals surface area contributed by atoms with Crippen molar-refractivity contribution in [3.63, 3.8) is 0 Å². The highest BCUT2D eigenvalue weighted by Crippen LogP contribution is 2.45. The molecule has 2 aliphatic rings. The number of carboxylic acids is 1. The summed E-state index contributed by atoms with van der Waals surface area (Å²) in [5, 5.41) is 9.02. The highest BCUT2D eigenvalue weighted by Gasteiger charge is 2.53. The van der Waals surface area contributed by atoms with Crippen LogP contribution in [-0.4, -0.2) is 51.5 Å². The topological polar surface area (TPSA) is 92.9 Å². The molecule has 0 aromatic heterocycles. The minimum Gasteiger partial charge on any atom is -0.496 e. The average Bonchev–Trinajstić information content (AvgIpc) is 2.60. The van der Waals surface area contributed by atoms with E-state index in [-0.39, 0.29) is 40.5 Å². The Morgan fingerprint density at radius 1 is 1.44 bits per heavy atom. The number of thioether (sulfide) groups is 1. The van der Waals surface area contributed by atoms with Crippen LogP contribution in [0.25, 0.3) is 0 Å². The van der Waals surface area contributed by atoms with E-state index in [0.29, 0.717) is 12.0 Å². The number of halogens is 2. The van der Waals surface area contributed by atoms with Crippen LogP contribution in [0.1, 0.15) is 5.56 Å². The summed E-state index contributed by atoms with van der Waals surface area (Å²) >= 11 is 7.52. The summed E-state index contributed by atoms with van der Waals surface area (Å²) in [4.78, 5) is 24.9. The molecule has 2 aliphatic heterocycles. The maximum Gasteiger partial charge on any atom is 0.352 e. The molecule has 0 saturated carbocycles. The first-order chi connectivity index (χ1) is 11.5. The fourth-order valence-corrected chi connectivity index (χ4v) is 5.05. The predicted molar refractivity (Wildman–Crippen MR) is 99.3 cm³/mol. The molecule has 0 radical (unpaired) electrons. The second-order valence-corrected chi connectivity index (χ2v) is 7.17. The Kier molecular flexibility index (Phi) is 6.26. The van der Waals surface area contributed by atoms with E-state index in [9.17, 15) is 14.7 Å². The van der Waals surface area contributed by atoms with E-state index in [1.54, 1.807) is 7.11 Å². The predicted octanol–water partition coefficient (Wildman–Crippen LogP) is 1.85. The molecule has 2 heterocycles. The lowest BCUT2D eigenvalue weighted by atomic mass is 9.98. The number of alkyl halides is 1. The van der Waals surface area contributed by atoms with Crippen LogP contribution < -0.4 is 10.5 Å². The number of methoxy groups -OCH3 is 1. The largest absolute Gasteiger partial charge is 0.496 e. The lowest BCUT2D eigenvalue weighted by molar-refractivity contribution is -0.148. The van der Waals surface area contributed by atoms with Gasteiger partial charge >= 0.3 is 5.97 Å². The van der Waals surface area contributed by atoms with E-state index in [2.05, 4.69) is 0 Å². The van der Waals surface area contributed by atoms with Gasteiger partial charge in [0.2, 0.25) is 5.91 Å². The summed E-state index contributed by atoms with van der Waals surface area (Å²) in [6, 6.07) is 6.89. The van der Waals surface area contributed by atoms with Crippen LogP contribution in [0, 0.1) is 0 Å². The number of carboxylic acid groups (broad SMARTS) is 1. The molecule has 1 saturated heterocycles. The summed E-state index contributed by atoms with van der Waals surface area (Å²) < 4.78 is 5.37. The number of rotatable bonds is 5. The Morgan fingerprint density at radius 3 is 2.72 bits per heavy atom. The molecule has 25 heavy (non-hydrogen) atoms. The Morgan fingerprint density at radius 2 is 2.12 bits per heavy atom. The molecule has 6 nitrogen and oxygen atoms in total. The van der Waals surface area contributed by atoms with Crippen molar-refractivity contribution >= 4 is 47.6 Å². The number of ether oxygens (including phenoxy) is 1. The normalized spacial score (nSPS) is 25.0. The van der Waals surface area contributed by atoms with Crippen molar-refractivity contribution < 1.29 is 19.4 Å². The van der Waals surface area contributed by atoms with Crippen molar-refractivity contribution in [2.24, 2.45) is 5.73 Å². The van der Waals surface area contributed by atoms with Crippen molar-refractivity contribution in [3.8, 4) is 5.75 Å². The van der Waals surface area contributed by atoms with Crippen LogP contribution in [0.2, 0.25) is 0 Å². The van der Waals surface area contributed by atoms with Crippen molar-refractivity contribution in [3.05, 3.63) is 41.1 Å². The Hall–Kier alpha value is -1.41. The van der Waals surface area contributed by atoms with Gasteiger partial charge in [-0.05, 0) is 23.6 Å². The minimum absolute atomic E-state index is 0. The van der Waals surface area contributed by atoms with E-state index in [4.69, 9.17) is 22.1 Å². The third-order valence-electron chi connectivity index (χ3n) is 4.27. The van der Waals surface area contributed by atoms with E-state index in [1.807, 2.05) is 24.3 Å². The second-order valence-electron chi connectivity index (χ2n) is 5.58. The number of carbonyl (C=O) groups is 2. The highest BCUT2D eigenvalue weighted by atomic mass is 35.5. The van der Waals surface area contributed by atoms with Gasteiger partial charge in [0.15, 0.2) is 0 Å². The highest BCUT2D eigenvalue weighted by molar-refractivity contribution is 8.00. The van der Waals surface area contributed by atoms with Gasteiger partial charge in [-0.25, -0.2) is 4.79 Å². The number of carbonyl (C=O) groups excluding carboxylic acids is 1. The van der Waals surface area contributed by atoms with Gasteiger partial charge in [0, 0.05) is 11.1 Å². The number of nitrogens with zero attached hydrogens (tertiary/aromatic N) is 1. The van der Waals surface area contributed by atoms with Crippen LogP contribution in [0.5, 0.6) is 5.75 Å². The van der Waals surface area contributed by atoms with E-state index in [0.717, 1.165) is 11.3 Å². The van der Waals surface area contributed by atoms with E-state index in [1.165, 1.54) is 16.7 Å². The Bertz CT molecular complexity index is 728. The van der Waals surface area contributed by atoms with Crippen LogP contribution in [0.15, 0.2) is 35.5 Å². The molecule has 0 bridgehead atoms. The molecule has 0 aliphatic carbocycles. The number of aliphatic carboxylic acids is 1. The molecule has 1 aromatic rings. The van der Waals surface area contributed by atoms with Gasteiger partial charge in [-0.15, -0.1) is 35.8 Å². The van der Waals surface area contributed by atoms with Crippen LogP contribution in [0.4, 0.5) is 0 Å². The van der Waals surface area contributed by atoms with Crippen LogP contribution in [-0.2, 0) is 16.0 Å². The maximum absolute atomic E-state index is 12.0. The summed E-state index contributed by atoms with van der Waals surface area (Å²) in [6.45, 7) is 0. The molecule has 3 atom stereocenters. The zero-order chi connectivity index (χ0) is 17.4. The van der Waals surface area contributed by atoms with Crippen molar-refractivity contribution in [1.82, 2.24) is 4.90 Å². The third-order valence-corrected chi connectivity index (χ3v) is 6.12. The first kappa shape index (κ1) is 19.9. The molecule has 1 aromatic carbocycles. The number of para-hydroxylation sites is 1. The zero-order valence-corrected chi connectivity index (χ0v) is 15.7. The lowest BCUT2D eigenvalue weighted by Crippen LogP contribution is -2.69. The van der Waals surface area contributed by atoms with Crippen molar-refractivity contribution in [2.45, 2.75) is 23.1 Å². The van der Waals surface area contributed by atoms with Gasteiger partial charge in [-0.1, -0.05) is 18.2 Å². The standard InChI is InChI=1S/C16H17ClN2O4S.ClH/c1-23-10-5-3-2-4-8(10)6-11-9(7-17)13(16(21)22)19-14(20)12(18)15(19)24-11;/h2-5,11-12,15H,6-7,18H2,1H3,(H,21,22);1H/t11?,12-,15+;/m0./s1. The van der Waals surface area contributed by atoms with Crippen LogP contribution >= 0.6 is 35.8 Å². The summed E-state index contributed by atoms with van der Waals surface area (Å²) in [5.74, 6) is -0.745. The number of fused-ring (bicyclic) bond motifs is 1. The molecule has 3 N–H and O–H groups in total. The molecular formula is C16H18Cl2N2O4S. The van der Waals surface area contributed by atoms with Gasteiger partial charge in [0.1, 0.15) is 22.9 Å². The number of hydrogen-bond acceptors (Lipinski definition) is 5. The second kappa shape index (κ2) is 7.86. The Balaban J connectivity index is 0.00000225. The molecular weight excluding hydrogens is 387 g/mol. The number of β-lactam (4-membered cyclic amide) rings is 1. The van der Waals surface area contributed by atoms with Gasteiger partial charge in [0.05, 0.1) is 7.11 Å². The van der Waals surface area contributed by atoms with E-state index < -0.39 is 12.0 Å². The molecule has 1 amide bonds. The molecule has 3 rings (SSSR count). The maximum atomic E-state index is 12.0. The first-order valence-corrected chi connectivity index (χ1v) is 8.85. The monoisotopic (exact) mass is 404 g/mol. The summed E-state index contributed by atoms with van der Waals surface area (Å²) in [7, 11) is 1.59. The fourth-order valence-electron chi connectivity index (χ4n) is 3.06. The summed E-state index contributed by atoms with van der Waals surface area (Å²) in [5.41, 5.74) is 7.32. The summed E-state index contributed by atoms with van der Waals surface area (Å²) in [6.07, 6.45) is 0.554. The van der Waals surface area contributed by atoms with Gasteiger partial charge in [0.25, 0.3) is 0 Å². The van der Waals surface area contributed by atoms with Gasteiger partial charge in [-0.2, -0.15) is 0 Å². The molecule has 9 heteroatoms. The quantitative estimate of drug-likeness (QED) is 0.574. The molecule has 1 fully saturated rings. The lowest BCUT2D eigenvalue weighted by Gasteiger charge is -2.50. The number of hydrogen-bond donors (Lipinski definition) is 2. The molecule has 136 valence electrons. The van der Waals surface area contributed by atoms with E-state index >= 15 is 0 Å². The number of amides is 1. The van der Waals surface area contributed by atoms with Gasteiger partial charge in [-0.3, -0.25) is 9.69 Å². The van der Waals surface area contributed by atoms with Crippen molar-refractivity contribution in [1.29, 1.82) is 0 Å². The fraction of sp³-hybridized carbons (Fsp3) is 0.375.